The van der Waals surface area contributed by atoms with Crippen molar-refractivity contribution in [2.45, 2.75) is 38.8 Å². The summed E-state index contributed by atoms with van der Waals surface area (Å²) in [7, 11) is 1.62. The molecule has 2 rings (SSSR count). The topological polar surface area (TPSA) is 44.4 Å². The minimum absolute atomic E-state index is 0.0613. The Morgan fingerprint density at radius 2 is 2.19 bits per heavy atom. The highest BCUT2D eigenvalue weighted by Gasteiger charge is 2.22. The number of amides is 1. The first-order chi connectivity index (χ1) is 10.2. The summed E-state index contributed by atoms with van der Waals surface area (Å²) in [4.78, 5) is 13.6. The number of carbonyl (C=O) groups is 1. The molecule has 0 heterocycles. The van der Waals surface area contributed by atoms with Gasteiger partial charge >= 0.3 is 0 Å². The summed E-state index contributed by atoms with van der Waals surface area (Å²) in [6, 6.07) is 5.61. The van der Waals surface area contributed by atoms with Gasteiger partial charge in [-0.3, -0.25) is 4.79 Å². The van der Waals surface area contributed by atoms with Crippen LogP contribution in [0.2, 0.25) is 0 Å². The van der Waals surface area contributed by atoms with Gasteiger partial charge in [0.25, 0.3) is 0 Å². The lowest BCUT2D eigenvalue weighted by Gasteiger charge is -2.26. The molecule has 0 aliphatic heterocycles. The van der Waals surface area contributed by atoms with Crippen LogP contribution >= 0.6 is 0 Å². The van der Waals surface area contributed by atoms with Gasteiger partial charge in [-0.15, -0.1) is 0 Å². The van der Waals surface area contributed by atoms with E-state index in [4.69, 9.17) is 0 Å². The number of rotatable bonds is 8. The van der Waals surface area contributed by atoms with E-state index in [0.717, 1.165) is 18.7 Å². The fraction of sp³-hybridized carbons (Fsp3) is 0.562. The Morgan fingerprint density at radius 1 is 1.43 bits per heavy atom. The Bertz CT molecular complexity index is 488. The second-order valence-corrected chi connectivity index (χ2v) is 5.49. The number of benzene rings is 1. The van der Waals surface area contributed by atoms with Crippen molar-refractivity contribution < 1.29 is 9.18 Å². The molecule has 2 N–H and O–H groups in total. The minimum atomic E-state index is -0.210. The number of likely N-dealkylation sites (N-methyl/N-ethyl adjacent to an activating group) is 1. The number of carbonyl (C=O) groups excluding carboxylic acids is 1. The van der Waals surface area contributed by atoms with Crippen LogP contribution in [0.1, 0.15) is 31.7 Å². The number of hydrogen-bond acceptors (Lipinski definition) is 3. The molecule has 1 amide bonds. The van der Waals surface area contributed by atoms with Crippen molar-refractivity contribution in [2.24, 2.45) is 0 Å². The summed E-state index contributed by atoms with van der Waals surface area (Å²) < 4.78 is 14.2. The first kappa shape index (κ1) is 15.8. The molecule has 1 aliphatic carbocycles. The molecule has 1 aromatic carbocycles. The van der Waals surface area contributed by atoms with Crippen LogP contribution in [-0.4, -0.2) is 32.1 Å². The highest BCUT2D eigenvalue weighted by atomic mass is 19.1. The average molecular weight is 293 g/mol. The van der Waals surface area contributed by atoms with E-state index in [-0.39, 0.29) is 18.3 Å². The van der Waals surface area contributed by atoms with Gasteiger partial charge in [0, 0.05) is 37.4 Å². The van der Waals surface area contributed by atoms with Crippen molar-refractivity contribution in [1.82, 2.24) is 10.6 Å². The van der Waals surface area contributed by atoms with Crippen molar-refractivity contribution in [2.75, 3.05) is 25.0 Å². The highest BCUT2D eigenvalue weighted by molar-refractivity contribution is 5.81. The van der Waals surface area contributed by atoms with Gasteiger partial charge in [-0.2, -0.15) is 0 Å². The maximum atomic E-state index is 14.2. The number of anilines is 1. The Hall–Kier alpha value is -1.62. The molecule has 1 fully saturated rings. The molecule has 4 nitrogen and oxygen atoms in total. The predicted octanol–water partition coefficient (Wildman–Crippen LogP) is 2.04. The van der Waals surface area contributed by atoms with E-state index < -0.39 is 0 Å². The fourth-order valence-corrected chi connectivity index (χ4v) is 2.36. The number of hydrogen-bond donors (Lipinski definition) is 2. The summed E-state index contributed by atoms with van der Waals surface area (Å²) in [5, 5.41) is 5.98. The third-order valence-corrected chi connectivity index (χ3v) is 3.69. The largest absolute Gasteiger partial charge is 0.362 e. The maximum absolute atomic E-state index is 14.2. The molecule has 1 aliphatic rings. The predicted molar refractivity (Wildman–Crippen MR) is 82.8 cm³/mol. The van der Waals surface area contributed by atoms with Crippen molar-refractivity contribution in [3.05, 3.63) is 29.6 Å². The van der Waals surface area contributed by atoms with Crippen molar-refractivity contribution >= 4 is 11.6 Å². The van der Waals surface area contributed by atoms with Crippen molar-refractivity contribution in [1.29, 1.82) is 0 Å². The molecule has 0 bridgehead atoms. The average Bonchev–Trinajstić information content (AvgIpc) is 3.29. The minimum Gasteiger partial charge on any atom is -0.362 e. The summed E-state index contributed by atoms with van der Waals surface area (Å²) in [5.74, 6) is -0.271. The molecule has 1 saturated carbocycles. The summed E-state index contributed by atoms with van der Waals surface area (Å²) in [5.41, 5.74) is 1.47. The normalized spacial score (nSPS) is 14.0. The van der Waals surface area contributed by atoms with Gasteiger partial charge in [-0.25, -0.2) is 4.39 Å². The van der Waals surface area contributed by atoms with Gasteiger partial charge in [0.1, 0.15) is 5.82 Å². The smallest absolute Gasteiger partial charge is 0.239 e. The lowest BCUT2D eigenvalue weighted by Crippen LogP contribution is -2.37. The number of halogens is 1. The van der Waals surface area contributed by atoms with E-state index in [1.165, 1.54) is 18.9 Å². The van der Waals surface area contributed by atoms with Gasteiger partial charge in [0.05, 0.1) is 6.54 Å². The van der Waals surface area contributed by atoms with Gasteiger partial charge in [0.15, 0.2) is 0 Å². The zero-order valence-corrected chi connectivity index (χ0v) is 12.8. The van der Waals surface area contributed by atoms with Crippen LogP contribution in [0, 0.1) is 5.82 Å². The molecule has 0 saturated heterocycles. The third kappa shape index (κ3) is 4.43. The van der Waals surface area contributed by atoms with Crippen LogP contribution in [0.15, 0.2) is 18.2 Å². The van der Waals surface area contributed by atoms with E-state index in [2.05, 4.69) is 17.6 Å². The second kappa shape index (κ2) is 7.41. The second-order valence-electron chi connectivity index (χ2n) is 5.49. The zero-order valence-electron chi connectivity index (χ0n) is 12.8. The fourth-order valence-electron chi connectivity index (χ4n) is 2.36. The number of nitrogens with one attached hydrogen (secondary N) is 2. The standard InChI is InChI=1S/C16H24FN3O/c1-3-9-20(11-16(21)18-2)15-6-4-5-14(17)13(15)10-19-12-7-8-12/h4-6,12,19H,3,7-11H2,1-2H3,(H,18,21). The van der Waals surface area contributed by atoms with Gasteiger partial charge < -0.3 is 15.5 Å². The molecule has 21 heavy (non-hydrogen) atoms. The Morgan fingerprint density at radius 3 is 2.81 bits per heavy atom. The summed E-state index contributed by atoms with van der Waals surface area (Å²) in [6.07, 6.45) is 3.24. The molecule has 5 heteroatoms. The molecule has 0 unspecified atom stereocenters. The van der Waals surface area contributed by atoms with Crippen molar-refractivity contribution in [3.8, 4) is 0 Å². The lowest BCUT2D eigenvalue weighted by atomic mass is 10.1. The maximum Gasteiger partial charge on any atom is 0.239 e. The Balaban J connectivity index is 2.19. The first-order valence-corrected chi connectivity index (χ1v) is 7.62. The SMILES string of the molecule is CCCN(CC(=O)NC)c1cccc(F)c1CNC1CC1. The molecular formula is C16H24FN3O. The van der Waals surface area contributed by atoms with Crippen LogP contribution in [0.25, 0.3) is 0 Å². The molecule has 0 radical (unpaired) electrons. The highest BCUT2D eigenvalue weighted by Crippen LogP contribution is 2.26. The van der Waals surface area contributed by atoms with Crippen LogP contribution in [0.3, 0.4) is 0 Å². The quantitative estimate of drug-likeness (QED) is 0.771. The summed E-state index contributed by atoms with van der Waals surface area (Å²) in [6.45, 7) is 3.55. The van der Waals surface area contributed by atoms with E-state index >= 15 is 0 Å². The first-order valence-electron chi connectivity index (χ1n) is 7.62. The Labute approximate surface area is 125 Å². The van der Waals surface area contributed by atoms with Crippen LogP contribution in [0.5, 0.6) is 0 Å². The van der Waals surface area contributed by atoms with E-state index in [1.807, 2.05) is 11.0 Å². The Kier molecular flexibility index (Phi) is 5.56. The molecule has 1 aromatic rings. The van der Waals surface area contributed by atoms with Gasteiger partial charge in [-0.1, -0.05) is 13.0 Å². The van der Waals surface area contributed by atoms with E-state index in [9.17, 15) is 9.18 Å². The molecule has 0 spiro atoms. The van der Waals surface area contributed by atoms with Crippen molar-refractivity contribution in [3.63, 3.8) is 0 Å². The van der Waals surface area contributed by atoms with Crippen LogP contribution in [0.4, 0.5) is 10.1 Å². The number of nitrogens with zero attached hydrogens (tertiary/aromatic N) is 1. The monoisotopic (exact) mass is 293 g/mol. The van der Waals surface area contributed by atoms with Crippen LogP contribution < -0.4 is 15.5 Å². The molecular weight excluding hydrogens is 269 g/mol. The van der Waals surface area contributed by atoms with Crippen LogP contribution in [-0.2, 0) is 11.3 Å². The molecule has 0 atom stereocenters. The summed E-state index contributed by atoms with van der Waals surface area (Å²) >= 11 is 0. The van der Waals surface area contributed by atoms with Gasteiger partial charge in [0.2, 0.25) is 5.91 Å². The molecule has 0 aromatic heterocycles. The van der Waals surface area contributed by atoms with Gasteiger partial charge in [-0.05, 0) is 31.4 Å². The zero-order chi connectivity index (χ0) is 15.2. The third-order valence-electron chi connectivity index (χ3n) is 3.69. The molecule has 116 valence electrons. The van der Waals surface area contributed by atoms with E-state index in [0.29, 0.717) is 18.2 Å². The lowest BCUT2D eigenvalue weighted by molar-refractivity contribution is -0.119. The van der Waals surface area contributed by atoms with E-state index in [1.54, 1.807) is 13.1 Å².